The van der Waals surface area contributed by atoms with Gasteiger partial charge >= 0.3 is 0 Å². The highest BCUT2D eigenvalue weighted by atomic mass is 79.9. The fourth-order valence-electron chi connectivity index (χ4n) is 0.969. The molecule has 15 heavy (non-hydrogen) atoms. The van der Waals surface area contributed by atoms with Gasteiger partial charge in [-0.3, -0.25) is 9.59 Å². The van der Waals surface area contributed by atoms with E-state index in [0.717, 1.165) is 12.8 Å². The van der Waals surface area contributed by atoms with Crippen molar-refractivity contribution >= 4 is 27.7 Å². The molecule has 0 atom stereocenters. The van der Waals surface area contributed by atoms with Crippen LogP contribution in [0.15, 0.2) is 0 Å². The van der Waals surface area contributed by atoms with Gasteiger partial charge in [0.2, 0.25) is 11.8 Å². The summed E-state index contributed by atoms with van der Waals surface area (Å²) < 4.78 is 0. The van der Waals surface area contributed by atoms with Gasteiger partial charge in [0.25, 0.3) is 0 Å². The van der Waals surface area contributed by atoms with Crippen molar-refractivity contribution in [3.63, 3.8) is 0 Å². The number of rotatable bonds is 8. The van der Waals surface area contributed by atoms with Gasteiger partial charge in [-0.15, -0.1) is 0 Å². The summed E-state index contributed by atoms with van der Waals surface area (Å²) >= 11 is 3.03. The quantitative estimate of drug-likeness (QED) is 0.423. The van der Waals surface area contributed by atoms with Crippen LogP contribution in [-0.2, 0) is 9.59 Å². The largest absolute Gasteiger partial charge is 0.354 e. The molecular weight excluding hydrogens is 262 g/mol. The summed E-state index contributed by atoms with van der Waals surface area (Å²) in [5, 5.41) is 5.63. The number of alkyl halides is 1. The summed E-state index contributed by atoms with van der Waals surface area (Å²) in [5.41, 5.74) is 5.30. The van der Waals surface area contributed by atoms with Crippen LogP contribution < -0.4 is 16.4 Å². The third-order valence-electron chi connectivity index (χ3n) is 1.75. The Hall–Kier alpha value is -0.620. The van der Waals surface area contributed by atoms with Crippen molar-refractivity contribution < 1.29 is 9.59 Å². The molecule has 0 aliphatic rings. The van der Waals surface area contributed by atoms with Crippen molar-refractivity contribution in [3.8, 4) is 0 Å². The number of unbranched alkanes of at least 4 members (excludes halogenated alkanes) is 1. The van der Waals surface area contributed by atoms with Crippen LogP contribution in [0.1, 0.15) is 19.3 Å². The first-order chi connectivity index (χ1) is 7.20. The molecular formula is C9H18BrN3O2. The highest BCUT2D eigenvalue weighted by Gasteiger charge is 2.00. The Bertz CT molecular complexity index is 200. The molecule has 88 valence electrons. The minimum absolute atomic E-state index is 0.0107. The van der Waals surface area contributed by atoms with Crippen LogP contribution in [0.25, 0.3) is 0 Å². The van der Waals surface area contributed by atoms with E-state index in [4.69, 9.17) is 5.73 Å². The van der Waals surface area contributed by atoms with E-state index in [9.17, 15) is 9.59 Å². The molecule has 5 nitrogen and oxygen atoms in total. The van der Waals surface area contributed by atoms with E-state index in [-0.39, 0.29) is 17.1 Å². The molecule has 0 saturated heterocycles. The van der Waals surface area contributed by atoms with E-state index in [2.05, 4.69) is 26.6 Å². The van der Waals surface area contributed by atoms with Gasteiger partial charge in [-0.05, 0) is 19.4 Å². The van der Waals surface area contributed by atoms with E-state index >= 15 is 0 Å². The molecule has 0 aliphatic heterocycles. The molecule has 0 saturated carbocycles. The maximum atomic E-state index is 11.2. The van der Waals surface area contributed by atoms with Gasteiger partial charge in [-0.2, -0.15) is 0 Å². The average molecular weight is 280 g/mol. The summed E-state index contributed by atoms with van der Waals surface area (Å²) in [6.07, 6.45) is 2.19. The van der Waals surface area contributed by atoms with Crippen molar-refractivity contribution in [2.75, 3.05) is 25.0 Å². The summed E-state index contributed by atoms with van der Waals surface area (Å²) in [6, 6.07) is 0. The normalized spacial score (nSPS) is 9.73. The lowest BCUT2D eigenvalue weighted by atomic mass is 10.2. The van der Waals surface area contributed by atoms with Crippen molar-refractivity contribution in [2.24, 2.45) is 5.73 Å². The third kappa shape index (κ3) is 9.68. The smallest absolute Gasteiger partial charge is 0.230 e. The maximum Gasteiger partial charge on any atom is 0.230 e. The standard InChI is InChI=1S/C9H18BrN3O2/c10-7-9(15)13-6-5-12-8(14)3-1-2-4-11/h1-7,11H2,(H,12,14)(H,13,15). The zero-order chi connectivity index (χ0) is 11.5. The molecule has 4 N–H and O–H groups in total. The lowest BCUT2D eigenvalue weighted by molar-refractivity contribution is -0.122. The fraction of sp³-hybridized carbons (Fsp3) is 0.778. The van der Waals surface area contributed by atoms with Gasteiger partial charge in [0.1, 0.15) is 0 Å². The Morgan fingerprint density at radius 2 is 1.67 bits per heavy atom. The van der Waals surface area contributed by atoms with Gasteiger partial charge in [0.15, 0.2) is 0 Å². The second-order valence-electron chi connectivity index (χ2n) is 3.08. The van der Waals surface area contributed by atoms with Crippen LogP contribution in [0, 0.1) is 0 Å². The molecule has 0 fully saturated rings. The summed E-state index contributed by atoms with van der Waals surface area (Å²) in [5.74, 6) is -0.0658. The highest BCUT2D eigenvalue weighted by molar-refractivity contribution is 9.09. The molecule has 0 spiro atoms. The van der Waals surface area contributed by atoms with Gasteiger partial charge in [0, 0.05) is 19.5 Å². The number of nitrogens with two attached hydrogens (primary N) is 1. The molecule has 0 unspecified atom stereocenters. The predicted molar refractivity (Wildman–Crippen MR) is 62.7 cm³/mol. The van der Waals surface area contributed by atoms with Crippen LogP contribution >= 0.6 is 15.9 Å². The molecule has 0 aliphatic carbocycles. The number of amides is 2. The molecule has 0 rings (SSSR count). The molecule has 0 radical (unpaired) electrons. The molecule has 0 heterocycles. The number of nitrogens with one attached hydrogen (secondary N) is 2. The summed E-state index contributed by atoms with van der Waals surface area (Å²) in [6.45, 7) is 1.56. The Kier molecular flexibility index (Phi) is 9.51. The first-order valence-electron chi connectivity index (χ1n) is 5.00. The summed E-state index contributed by atoms with van der Waals surface area (Å²) in [4.78, 5) is 21.9. The lowest BCUT2D eigenvalue weighted by Crippen LogP contribution is -2.35. The van der Waals surface area contributed by atoms with Gasteiger partial charge in [-0.1, -0.05) is 15.9 Å². The molecule has 0 aromatic heterocycles. The van der Waals surface area contributed by atoms with Crippen molar-refractivity contribution in [1.29, 1.82) is 0 Å². The molecule has 2 amide bonds. The first-order valence-corrected chi connectivity index (χ1v) is 6.12. The number of carbonyl (C=O) groups is 2. The third-order valence-corrected chi connectivity index (χ3v) is 2.26. The van der Waals surface area contributed by atoms with E-state index in [1.165, 1.54) is 0 Å². The zero-order valence-corrected chi connectivity index (χ0v) is 10.3. The van der Waals surface area contributed by atoms with Crippen molar-refractivity contribution in [3.05, 3.63) is 0 Å². The zero-order valence-electron chi connectivity index (χ0n) is 8.72. The minimum Gasteiger partial charge on any atom is -0.354 e. The molecule has 0 aromatic rings. The average Bonchev–Trinajstić information content (AvgIpc) is 2.24. The number of hydrogen-bond donors (Lipinski definition) is 3. The maximum absolute atomic E-state index is 11.2. The first kappa shape index (κ1) is 14.4. The van der Waals surface area contributed by atoms with Gasteiger partial charge < -0.3 is 16.4 Å². The van der Waals surface area contributed by atoms with Crippen molar-refractivity contribution in [1.82, 2.24) is 10.6 Å². The topological polar surface area (TPSA) is 84.2 Å². The Balaban J connectivity index is 3.27. The number of carbonyl (C=O) groups excluding carboxylic acids is 2. The van der Waals surface area contributed by atoms with Crippen LogP contribution in [0.2, 0.25) is 0 Å². The van der Waals surface area contributed by atoms with Crippen LogP contribution in [0.3, 0.4) is 0 Å². The molecule has 0 aromatic carbocycles. The summed E-state index contributed by atoms with van der Waals surface area (Å²) in [7, 11) is 0. The number of hydrogen-bond acceptors (Lipinski definition) is 3. The van der Waals surface area contributed by atoms with Crippen LogP contribution in [0.5, 0.6) is 0 Å². The van der Waals surface area contributed by atoms with Crippen molar-refractivity contribution in [2.45, 2.75) is 19.3 Å². The fourth-order valence-corrected chi connectivity index (χ4v) is 1.17. The Morgan fingerprint density at radius 1 is 1.07 bits per heavy atom. The highest BCUT2D eigenvalue weighted by Crippen LogP contribution is 1.92. The molecule has 6 heteroatoms. The SMILES string of the molecule is NCCCCC(=O)NCCNC(=O)CBr. The van der Waals surface area contributed by atoms with Gasteiger partial charge in [-0.25, -0.2) is 0 Å². The van der Waals surface area contributed by atoms with Crippen LogP contribution in [-0.4, -0.2) is 36.8 Å². The Morgan fingerprint density at radius 3 is 2.20 bits per heavy atom. The Labute approximate surface area is 98.3 Å². The van der Waals surface area contributed by atoms with E-state index in [1.54, 1.807) is 0 Å². The van der Waals surface area contributed by atoms with E-state index < -0.39 is 0 Å². The monoisotopic (exact) mass is 279 g/mol. The van der Waals surface area contributed by atoms with Gasteiger partial charge in [0.05, 0.1) is 5.33 Å². The second-order valence-corrected chi connectivity index (χ2v) is 3.64. The molecule has 0 bridgehead atoms. The van der Waals surface area contributed by atoms with E-state index in [1.807, 2.05) is 0 Å². The van der Waals surface area contributed by atoms with Crippen LogP contribution in [0.4, 0.5) is 0 Å². The van der Waals surface area contributed by atoms with E-state index in [0.29, 0.717) is 26.1 Å². The second kappa shape index (κ2) is 9.92. The number of halogens is 1. The lowest BCUT2D eigenvalue weighted by Gasteiger charge is -2.05. The minimum atomic E-state index is -0.0765. The predicted octanol–water partition coefficient (Wildman–Crippen LogP) is -0.257.